The van der Waals surface area contributed by atoms with Crippen LogP contribution in [0.4, 0.5) is 0 Å². The van der Waals surface area contributed by atoms with Gasteiger partial charge in [-0.2, -0.15) is 0 Å². The maximum atomic E-state index is 5.99. The second-order valence-electron chi connectivity index (χ2n) is 2.94. The van der Waals surface area contributed by atoms with E-state index in [1.54, 1.807) is 6.07 Å². The van der Waals surface area contributed by atoms with Crippen molar-refractivity contribution in [1.82, 2.24) is 10.4 Å². The van der Waals surface area contributed by atoms with E-state index in [4.69, 9.17) is 23.2 Å². The number of benzene rings is 1. The van der Waals surface area contributed by atoms with Crippen molar-refractivity contribution in [2.75, 3.05) is 14.1 Å². The van der Waals surface area contributed by atoms with Crippen molar-refractivity contribution in [3.05, 3.63) is 33.8 Å². The van der Waals surface area contributed by atoms with Gasteiger partial charge in [-0.3, -0.25) is 10.4 Å². The van der Waals surface area contributed by atoms with E-state index in [2.05, 4.69) is 5.43 Å². The van der Waals surface area contributed by atoms with Gasteiger partial charge >= 0.3 is 0 Å². The Kier molecular flexibility index (Phi) is 4.00. The Bertz CT molecular complexity index is 287. The topological polar surface area (TPSA) is 15.3 Å². The lowest BCUT2D eigenvalue weighted by atomic mass is 10.2. The predicted molar refractivity (Wildman–Crippen MR) is 57.0 cm³/mol. The highest BCUT2D eigenvalue weighted by Gasteiger charge is 2.03. The lowest BCUT2D eigenvalue weighted by Crippen LogP contribution is -2.29. The monoisotopic (exact) mass is 218 g/mol. The Balaban J connectivity index is 2.71. The SMILES string of the molecule is CN(C)NCc1cccc(Cl)c1Cl. The minimum absolute atomic E-state index is 0.597. The number of hydrogen-bond donors (Lipinski definition) is 1. The van der Waals surface area contributed by atoms with Crippen molar-refractivity contribution in [3.63, 3.8) is 0 Å². The fourth-order valence-electron chi connectivity index (χ4n) is 0.928. The summed E-state index contributed by atoms with van der Waals surface area (Å²) in [7, 11) is 3.86. The van der Waals surface area contributed by atoms with Crippen molar-refractivity contribution < 1.29 is 0 Å². The second kappa shape index (κ2) is 4.82. The zero-order valence-electron chi connectivity index (χ0n) is 7.64. The second-order valence-corrected chi connectivity index (χ2v) is 3.73. The van der Waals surface area contributed by atoms with E-state index in [1.165, 1.54) is 0 Å². The molecule has 0 saturated heterocycles. The third-order valence-electron chi connectivity index (χ3n) is 1.62. The van der Waals surface area contributed by atoms with Crippen LogP contribution in [0.5, 0.6) is 0 Å². The van der Waals surface area contributed by atoms with E-state index in [9.17, 15) is 0 Å². The van der Waals surface area contributed by atoms with Gasteiger partial charge in [-0.15, -0.1) is 0 Å². The average molecular weight is 219 g/mol. The minimum Gasteiger partial charge on any atom is -0.251 e. The van der Waals surface area contributed by atoms with Crippen LogP contribution < -0.4 is 5.43 Å². The molecule has 0 heterocycles. The summed E-state index contributed by atoms with van der Waals surface area (Å²) in [6.45, 7) is 0.687. The average Bonchev–Trinajstić information content (AvgIpc) is 2.07. The van der Waals surface area contributed by atoms with E-state index in [0.717, 1.165) is 5.56 Å². The van der Waals surface area contributed by atoms with E-state index >= 15 is 0 Å². The van der Waals surface area contributed by atoms with Crippen molar-refractivity contribution in [1.29, 1.82) is 0 Å². The molecule has 1 aromatic rings. The molecule has 0 atom stereocenters. The van der Waals surface area contributed by atoms with Crippen LogP contribution in [0.25, 0.3) is 0 Å². The predicted octanol–water partition coefficient (Wildman–Crippen LogP) is 2.56. The quantitative estimate of drug-likeness (QED) is 0.786. The van der Waals surface area contributed by atoms with Gasteiger partial charge in [-0.1, -0.05) is 35.3 Å². The minimum atomic E-state index is 0.597. The molecule has 72 valence electrons. The van der Waals surface area contributed by atoms with Gasteiger partial charge in [0.15, 0.2) is 0 Å². The van der Waals surface area contributed by atoms with Crippen molar-refractivity contribution >= 4 is 23.2 Å². The summed E-state index contributed by atoms with van der Waals surface area (Å²) in [5.74, 6) is 0. The third-order valence-corrected chi connectivity index (χ3v) is 2.48. The van der Waals surface area contributed by atoms with Crippen LogP contribution in [-0.2, 0) is 6.54 Å². The van der Waals surface area contributed by atoms with Gasteiger partial charge in [0, 0.05) is 20.6 Å². The summed E-state index contributed by atoms with van der Waals surface area (Å²) in [5, 5.41) is 3.09. The molecule has 4 heteroatoms. The number of rotatable bonds is 3. The van der Waals surface area contributed by atoms with Crippen molar-refractivity contribution in [3.8, 4) is 0 Å². The first-order valence-corrected chi connectivity index (χ1v) is 4.70. The van der Waals surface area contributed by atoms with Crippen LogP contribution in [-0.4, -0.2) is 19.1 Å². The molecule has 0 aliphatic carbocycles. The Morgan fingerprint density at radius 3 is 2.62 bits per heavy atom. The zero-order chi connectivity index (χ0) is 9.84. The lowest BCUT2D eigenvalue weighted by Gasteiger charge is -2.12. The molecule has 1 N–H and O–H groups in total. The highest BCUT2D eigenvalue weighted by atomic mass is 35.5. The van der Waals surface area contributed by atoms with E-state index in [1.807, 2.05) is 31.2 Å². The normalized spacial score (nSPS) is 10.8. The molecule has 0 saturated carbocycles. The molecule has 2 nitrogen and oxygen atoms in total. The van der Waals surface area contributed by atoms with Gasteiger partial charge in [0.1, 0.15) is 0 Å². The number of nitrogens with one attached hydrogen (secondary N) is 1. The van der Waals surface area contributed by atoms with Crippen LogP contribution in [0.15, 0.2) is 18.2 Å². The summed E-state index contributed by atoms with van der Waals surface area (Å²) in [5.41, 5.74) is 4.12. The Morgan fingerprint density at radius 2 is 2.00 bits per heavy atom. The largest absolute Gasteiger partial charge is 0.251 e. The lowest BCUT2D eigenvalue weighted by molar-refractivity contribution is 0.286. The molecular formula is C9H12Cl2N2. The maximum Gasteiger partial charge on any atom is 0.0637 e. The number of nitrogens with zero attached hydrogens (tertiary/aromatic N) is 1. The highest BCUT2D eigenvalue weighted by Crippen LogP contribution is 2.25. The van der Waals surface area contributed by atoms with Crippen LogP contribution >= 0.6 is 23.2 Å². The van der Waals surface area contributed by atoms with Crippen LogP contribution in [0, 0.1) is 0 Å². The van der Waals surface area contributed by atoms with E-state index < -0.39 is 0 Å². The fourth-order valence-corrected chi connectivity index (χ4v) is 1.32. The summed E-state index contributed by atoms with van der Waals surface area (Å²) in [4.78, 5) is 0. The fraction of sp³-hybridized carbons (Fsp3) is 0.333. The summed E-state index contributed by atoms with van der Waals surface area (Å²) < 4.78 is 0. The molecule has 0 amide bonds. The van der Waals surface area contributed by atoms with Gasteiger partial charge < -0.3 is 0 Å². The Hall–Kier alpha value is -0.280. The summed E-state index contributed by atoms with van der Waals surface area (Å²) in [6, 6.07) is 5.62. The van der Waals surface area contributed by atoms with Gasteiger partial charge in [0.25, 0.3) is 0 Å². The van der Waals surface area contributed by atoms with Crippen LogP contribution in [0.3, 0.4) is 0 Å². The van der Waals surface area contributed by atoms with Crippen molar-refractivity contribution in [2.24, 2.45) is 0 Å². The molecule has 0 unspecified atom stereocenters. The number of hydrogen-bond acceptors (Lipinski definition) is 2. The van der Waals surface area contributed by atoms with Crippen LogP contribution in [0.1, 0.15) is 5.56 Å². The first-order chi connectivity index (χ1) is 6.11. The van der Waals surface area contributed by atoms with Gasteiger partial charge in [0.2, 0.25) is 0 Å². The first-order valence-electron chi connectivity index (χ1n) is 3.95. The number of hydrazine groups is 1. The smallest absolute Gasteiger partial charge is 0.0637 e. The number of halogens is 2. The molecule has 0 spiro atoms. The van der Waals surface area contributed by atoms with E-state index in [-0.39, 0.29) is 0 Å². The van der Waals surface area contributed by atoms with Crippen molar-refractivity contribution in [2.45, 2.75) is 6.54 Å². The van der Waals surface area contributed by atoms with Crippen LogP contribution in [0.2, 0.25) is 10.0 Å². The first kappa shape index (κ1) is 10.8. The molecule has 0 fully saturated rings. The highest BCUT2D eigenvalue weighted by molar-refractivity contribution is 6.42. The molecule has 0 aromatic heterocycles. The Morgan fingerprint density at radius 1 is 1.31 bits per heavy atom. The van der Waals surface area contributed by atoms with E-state index in [0.29, 0.717) is 16.6 Å². The van der Waals surface area contributed by atoms with Gasteiger partial charge in [0.05, 0.1) is 10.0 Å². The molecule has 0 aliphatic rings. The molecule has 0 radical (unpaired) electrons. The van der Waals surface area contributed by atoms with Gasteiger partial charge in [-0.05, 0) is 11.6 Å². The molecular weight excluding hydrogens is 207 g/mol. The Labute approximate surface area is 88.4 Å². The third kappa shape index (κ3) is 3.16. The van der Waals surface area contributed by atoms with Gasteiger partial charge in [-0.25, -0.2) is 0 Å². The molecule has 13 heavy (non-hydrogen) atoms. The standard InChI is InChI=1S/C9H12Cl2N2/c1-13(2)12-6-7-4-3-5-8(10)9(7)11/h3-5,12H,6H2,1-2H3. The maximum absolute atomic E-state index is 5.99. The molecule has 1 aromatic carbocycles. The summed E-state index contributed by atoms with van der Waals surface area (Å²) >= 11 is 11.8. The molecule has 0 bridgehead atoms. The molecule has 1 rings (SSSR count). The molecule has 0 aliphatic heterocycles. The summed E-state index contributed by atoms with van der Waals surface area (Å²) in [6.07, 6.45) is 0. The zero-order valence-corrected chi connectivity index (χ0v) is 9.15.